The van der Waals surface area contributed by atoms with E-state index in [4.69, 9.17) is 15.3 Å². The summed E-state index contributed by atoms with van der Waals surface area (Å²) in [5, 5.41) is 27.9. The number of fused-ring (bicyclic) bond motifs is 1. The zero-order valence-electron chi connectivity index (χ0n) is 22.8. The van der Waals surface area contributed by atoms with Crippen molar-refractivity contribution in [1.29, 1.82) is 0 Å². The van der Waals surface area contributed by atoms with E-state index in [-0.39, 0.29) is 23.6 Å². The Balaban J connectivity index is 1.68. The Kier molecular flexibility index (Phi) is 6.65. The molecule has 2 heterocycles. The van der Waals surface area contributed by atoms with E-state index in [2.05, 4.69) is 0 Å². The number of carbonyl (C=O) groups is 1. The molecule has 43 heavy (non-hydrogen) atoms. The van der Waals surface area contributed by atoms with E-state index in [1.807, 2.05) is 60.7 Å². The summed E-state index contributed by atoms with van der Waals surface area (Å²) in [4.78, 5) is 38.8. The van der Waals surface area contributed by atoms with Gasteiger partial charge in [-0.05, 0) is 30.2 Å². The average molecular weight is 577 g/mol. The van der Waals surface area contributed by atoms with Gasteiger partial charge in [-0.2, -0.15) is 10.5 Å². The fraction of sp³-hybridized carbons (Fsp3) is 0.129. The number of anilines is 1. The molecular weight excluding hydrogens is 552 g/mol. The minimum Gasteiger partial charge on any atom is -0.463 e. The molecule has 0 saturated heterocycles. The van der Waals surface area contributed by atoms with Crippen LogP contribution in [0.1, 0.15) is 18.1 Å². The molecule has 12 heteroatoms. The highest BCUT2D eigenvalue weighted by Crippen LogP contribution is 2.64. The van der Waals surface area contributed by atoms with Crippen LogP contribution in [0.5, 0.6) is 0 Å². The minimum absolute atomic E-state index is 0.0961. The second-order valence-electron chi connectivity index (χ2n) is 9.78. The summed E-state index contributed by atoms with van der Waals surface area (Å²) >= 11 is 0. The number of nitrogens with zero attached hydrogens (tertiary/aromatic N) is 6. The third kappa shape index (κ3) is 4.19. The summed E-state index contributed by atoms with van der Waals surface area (Å²) in [6.45, 7) is 1.82. The molecule has 214 valence electrons. The maximum atomic E-state index is 13.8. The first kappa shape index (κ1) is 27.3. The van der Waals surface area contributed by atoms with Crippen LogP contribution in [0, 0.1) is 20.2 Å². The molecule has 4 aromatic rings. The predicted octanol–water partition coefficient (Wildman–Crippen LogP) is 6.62. The van der Waals surface area contributed by atoms with Gasteiger partial charge in [-0.15, -0.1) is 4.81 Å². The maximum Gasteiger partial charge on any atom is 0.336 e. The van der Waals surface area contributed by atoms with Crippen LogP contribution in [0.25, 0.3) is 5.43 Å². The van der Waals surface area contributed by atoms with Crippen molar-refractivity contribution in [2.75, 3.05) is 11.5 Å². The Labute approximate surface area is 245 Å². The van der Waals surface area contributed by atoms with Crippen molar-refractivity contribution >= 4 is 28.7 Å². The number of esters is 1. The van der Waals surface area contributed by atoms with Gasteiger partial charge in [0.2, 0.25) is 5.69 Å². The number of non-ortho nitro benzene ring substituents is 2. The Hall–Kier alpha value is -5.91. The lowest BCUT2D eigenvalue weighted by molar-refractivity contribution is -0.457. The Bertz CT molecular complexity index is 1780. The molecule has 0 saturated carbocycles. The summed E-state index contributed by atoms with van der Waals surface area (Å²) in [6.07, 6.45) is 1.64. The SMILES string of the molecule is CCOC(=O)C1=CN(c2ccc([N+](=O)[O-])cc2)[C@@]2(c3ccccc3)[N-][N+](c3ccc([N+](=O)[O-])cc3)=N[C@@]12c1ccccc1. The molecule has 2 aliphatic rings. The maximum absolute atomic E-state index is 13.8. The van der Waals surface area contributed by atoms with Gasteiger partial charge in [-0.25, -0.2) is 4.79 Å². The third-order valence-corrected chi connectivity index (χ3v) is 7.48. The smallest absolute Gasteiger partial charge is 0.336 e. The summed E-state index contributed by atoms with van der Waals surface area (Å²) < 4.78 is 5.56. The van der Waals surface area contributed by atoms with E-state index in [1.54, 1.807) is 30.2 Å². The molecule has 0 aromatic heterocycles. The van der Waals surface area contributed by atoms with Crippen LogP contribution >= 0.6 is 0 Å². The second-order valence-corrected chi connectivity index (χ2v) is 9.78. The van der Waals surface area contributed by atoms with E-state index in [0.29, 0.717) is 22.5 Å². The van der Waals surface area contributed by atoms with Gasteiger partial charge in [0.25, 0.3) is 11.4 Å². The van der Waals surface area contributed by atoms with Gasteiger partial charge in [-0.3, -0.25) is 20.2 Å². The first-order valence-electron chi connectivity index (χ1n) is 13.4. The largest absolute Gasteiger partial charge is 0.463 e. The van der Waals surface area contributed by atoms with Crippen molar-refractivity contribution in [3.63, 3.8) is 0 Å². The number of nitro benzene ring substituents is 2. The minimum atomic E-state index is -1.51. The Morgan fingerprint density at radius 3 is 1.91 bits per heavy atom. The quantitative estimate of drug-likeness (QED) is 0.0992. The summed E-state index contributed by atoms with van der Waals surface area (Å²) in [7, 11) is 0. The van der Waals surface area contributed by atoms with Crippen molar-refractivity contribution in [2.45, 2.75) is 18.1 Å². The van der Waals surface area contributed by atoms with Crippen molar-refractivity contribution in [3.8, 4) is 0 Å². The van der Waals surface area contributed by atoms with Gasteiger partial charge >= 0.3 is 5.97 Å². The zero-order valence-corrected chi connectivity index (χ0v) is 22.8. The van der Waals surface area contributed by atoms with Gasteiger partial charge < -0.3 is 9.64 Å². The lowest BCUT2D eigenvalue weighted by Crippen LogP contribution is -2.52. The van der Waals surface area contributed by atoms with Gasteiger partial charge in [0.05, 0.1) is 22.0 Å². The van der Waals surface area contributed by atoms with E-state index in [9.17, 15) is 25.0 Å². The number of nitro groups is 2. The van der Waals surface area contributed by atoms with Crippen LogP contribution < -0.4 is 4.90 Å². The summed E-state index contributed by atoms with van der Waals surface area (Å²) in [6, 6.07) is 30.2. The zero-order chi connectivity index (χ0) is 30.2. The molecular formula is C31H24N6O6. The molecule has 6 rings (SSSR count). The number of hydrogen-bond donors (Lipinski definition) is 0. The average Bonchev–Trinajstić information content (AvgIpc) is 3.54. The second kappa shape index (κ2) is 10.5. The van der Waals surface area contributed by atoms with Crippen molar-refractivity contribution in [2.24, 2.45) is 5.11 Å². The Morgan fingerprint density at radius 1 is 0.837 bits per heavy atom. The number of benzene rings is 4. The van der Waals surface area contributed by atoms with Crippen LogP contribution in [-0.2, 0) is 20.7 Å². The number of carbonyl (C=O) groups excluding carboxylic acids is 1. The van der Waals surface area contributed by atoms with E-state index < -0.39 is 27.0 Å². The molecule has 0 aliphatic carbocycles. The van der Waals surface area contributed by atoms with E-state index in [1.165, 1.54) is 41.2 Å². The van der Waals surface area contributed by atoms with E-state index in [0.717, 1.165) is 0 Å². The monoisotopic (exact) mass is 576 g/mol. The summed E-state index contributed by atoms with van der Waals surface area (Å²) in [5.41, 5.74) is 4.45. The number of azo groups is 1. The first-order valence-corrected chi connectivity index (χ1v) is 13.4. The van der Waals surface area contributed by atoms with Gasteiger partial charge in [0.15, 0.2) is 0 Å². The van der Waals surface area contributed by atoms with Crippen LogP contribution in [0.4, 0.5) is 22.7 Å². The first-order chi connectivity index (χ1) is 20.8. The Morgan fingerprint density at radius 2 is 1.37 bits per heavy atom. The lowest BCUT2D eigenvalue weighted by Gasteiger charge is -2.47. The highest BCUT2D eigenvalue weighted by atomic mass is 16.6. The van der Waals surface area contributed by atoms with E-state index >= 15 is 0 Å². The number of hydrogen-bond acceptors (Lipinski definition) is 8. The highest BCUT2D eigenvalue weighted by molar-refractivity contribution is 5.95. The third-order valence-electron chi connectivity index (χ3n) is 7.48. The standard InChI is InChI=1S/C31H24N6O6/c1-2-43-29(38)28-21-34(24-13-17-26(18-14-24)36(39)40)31(23-11-7-4-8-12-23)30(28,22-9-5-3-6-10-22)32-35(33-31)25-15-19-27(20-16-25)37(41)42/h3-21H,2H2,1H3/t30-,31+/m0/s1. The van der Waals surface area contributed by atoms with Crippen LogP contribution in [0.2, 0.25) is 0 Å². The molecule has 12 nitrogen and oxygen atoms in total. The van der Waals surface area contributed by atoms with Crippen molar-refractivity contribution < 1.29 is 24.2 Å². The summed E-state index contributed by atoms with van der Waals surface area (Å²) in [5.74, 6) is -0.611. The molecule has 0 amide bonds. The predicted molar refractivity (Wildman–Crippen MR) is 155 cm³/mol. The van der Waals surface area contributed by atoms with Crippen LogP contribution in [-0.4, -0.2) is 27.2 Å². The molecule has 0 fully saturated rings. The van der Waals surface area contributed by atoms with Gasteiger partial charge in [0, 0.05) is 48.3 Å². The molecule has 0 bridgehead atoms. The fourth-order valence-electron chi connectivity index (χ4n) is 5.62. The van der Waals surface area contributed by atoms with Crippen molar-refractivity contribution in [3.05, 3.63) is 158 Å². The normalized spacial score (nSPS) is 20.4. The molecule has 2 atom stereocenters. The topological polar surface area (TPSA) is 145 Å². The molecule has 4 aromatic carbocycles. The lowest BCUT2D eigenvalue weighted by atomic mass is 9.72. The number of rotatable bonds is 8. The molecule has 0 unspecified atom stereocenters. The fourth-order valence-corrected chi connectivity index (χ4v) is 5.62. The van der Waals surface area contributed by atoms with Gasteiger partial charge in [-0.1, -0.05) is 60.7 Å². The molecule has 2 aliphatic heterocycles. The number of ether oxygens (including phenoxy) is 1. The molecule has 0 radical (unpaired) electrons. The van der Waals surface area contributed by atoms with Crippen molar-refractivity contribution in [1.82, 2.24) is 0 Å². The van der Waals surface area contributed by atoms with Gasteiger partial charge in [0.1, 0.15) is 11.2 Å². The van der Waals surface area contributed by atoms with Crippen LogP contribution in [0.3, 0.4) is 0 Å². The van der Waals surface area contributed by atoms with Crippen LogP contribution in [0.15, 0.2) is 126 Å². The molecule has 0 N–H and O–H groups in total. The molecule has 0 spiro atoms. The highest BCUT2D eigenvalue weighted by Gasteiger charge is 2.67.